The summed E-state index contributed by atoms with van der Waals surface area (Å²) in [6.45, 7) is -0.686. The van der Waals surface area contributed by atoms with Gasteiger partial charge in [-0.3, -0.25) is 4.68 Å². The number of hydrogen-bond acceptors (Lipinski definition) is 4. The van der Waals surface area contributed by atoms with Gasteiger partial charge in [0, 0.05) is 15.9 Å². The minimum atomic E-state index is -1.57. The molecular weight excluding hydrogens is 433 g/mol. The van der Waals surface area contributed by atoms with E-state index in [2.05, 4.69) is 10.3 Å². The van der Waals surface area contributed by atoms with Gasteiger partial charge in [0.25, 0.3) is 0 Å². The fourth-order valence-electron chi connectivity index (χ4n) is 1.91. The van der Waals surface area contributed by atoms with E-state index in [0.717, 1.165) is 10.9 Å². The van der Waals surface area contributed by atoms with Crippen LogP contribution in [0.1, 0.15) is 0 Å². The molecule has 0 fully saturated rings. The number of benzene rings is 1. The lowest BCUT2D eigenvalue weighted by molar-refractivity contribution is 0.0583. The summed E-state index contributed by atoms with van der Waals surface area (Å²) in [7, 11) is 0. The first kappa shape index (κ1) is 18.1. The summed E-state index contributed by atoms with van der Waals surface area (Å²) in [6, 6.07) is 0.108. The van der Waals surface area contributed by atoms with Crippen molar-refractivity contribution in [2.45, 2.75) is 6.54 Å². The Morgan fingerprint density at radius 1 is 1.09 bits per heavy atom. The van der Waals surface area contributed by atoms with Gasteiger partial charge in [-0.2, -0.15) is 0 Å². The average molecular weight is 445 g/mol. The Bertz CT molecular complexity index is 672. The van der Waals surface area contributed by atoms with Gasteiger partial charge < -0.3 is 10.2 Å². The first-order chi connectivity index (χ1) is 10.9. The molecule has 10 heteroatoms. The maximum atomic E-state index is 13.7. The fourth-order valence-corrected chi connectivity index (χ4v) is 2.63. The maximum absolute atomic E-state index is 13.7. The van der Waals surface area contributed by atoms with E-state index >= 15 is 0 Å². The van der Waals surface area contributed by atoms with E-state index in [4.69, 9.17) is 0 Å². The van der Waals surface area contributed by atoms with Crippen LogP contribution in [0.25, 0.3) is 11.3 Å². The van der Waals surface area contributed by atoms with E-state index in [1.54, 1.807) is 0 Å². The van der Waals surface area contributed by atoms with E-state index in [1.807, 2.05) is 22.6 Å². The molecule has 0 amide bonds. The van der Waals surface area contributed by atoms with E-state index in [0.29, 0.717) is 4.43 Å². The normalized spacial score (nSPS) is 12.0. The zero-order valence-corrected chi connectivity index (χ0v) is 13.8. The molecule has 2 N–H and O–H groups in total. The van der Waals surface area contributed by atoms with Crippen molar-refractivity contribution in [2.75, 3.05) is 17.6 Å². The molecule has 0 unspecified atom stereocenters. The first-order valence-corrected chi connectivity index (χ1v) is 7.91. The van der Waals surface area contributed by atoms with Gasteiger partial charge in [0.05, 0.1) is 31.5 Å². The highest BCUT2D eigenvalue weighted by Gasteiger charge is 2.29. The number of hydrogen-bond donors (Lipinski definition) is 2. The Kier molecular flexibility index (Phi) is 5.57. The highest BCUT2D eigenvalue weighted by atomic mass is 127. The first-order valence-electron chi connectivity index (χ1n) is 6.38. The third-order valence-electron chi connectivity index (χ3n) is 3.36. The highest BCUT2D eigenvalue weighted by molar-refractivity contribution is 14.1. The smallest absolute Gasteiger partial charge is 0.171 e. The SMILES string of the molecule is OCC(CO)(CI)Cn1cc(-c2c(F)c(F)cc(F)c2F)nn1. The van der Waals surface area contributed by atoms with Crippen molar-refractivity contribution in [1.29, 1.82) is 0 Å². The molecule has 2 aromatic rings. The molecule has 1 heterocycles. The summed E-state index contributed by atoms with van der Waals surface area (Å²) in [5.74, 6) is -6.22. The van der Waals surface area contributed by atoms with E-state index in [1.165, 1.54) is 0 Å². The zero-order valence-electron chi connectivity index (χ0n) is 11.6. The Labute approximate surface area is 142 Å². The Balaban J connectivity index is 2.41. The second-order valence-electron chi connectivity index (χ2n) is 5.09. The van der Waals surface area contributed by atoms with Crippen molar-refractivity contribution >= 4 is 22.6 Å². The number of aromatic nitrogens is 3. The van der Waals surface area contributed by atoms with Crippen LogP contribution in [0.2, 0.25) is 0 Å². The van der Waals surface area contributed by atoms with Crippen LogP contribution in [0, 0.1) is 28.7 Å². The van der Waals surface area contributed by atoms with Crippen LogP contribution in [0.15, 0.2) is 12.3 Å². The van der Waals surface area contributed by atoms with Gasteiger partial charge in [-0.1, -0.05) is 27.8 Å². The summed E-state index contributed by atoms with van der Waals surface area (Å²) >= 11 is 1.97. The summed E-state index contributed by atoms with van der Waals surface area (Å²) in [4.78, 5) is 0. The van der Waals surface area contributed by atoms with Crippen LogP contribution in [0.4, 0.5) is 17.6 Å². The minimum absolute atomic E-state index is 0.0109. The van der Waals surface area contributed by atoms with Gasteiger partial charge >= 0.3 is 0 Å². The molecule has 126 valence electrons. The standard InChI is InChI=1S/C13H12F4IN3O2/c14-7-1-8(15)12(17)10(11(7)16)9-2-21(20-19-9)4-13(3-18,5-22)6-23/h1-2,22-23H,3-6H2. The Morgan fingerprint density at radius 3 is 2.13 bits per heavy atom. The molecule has 0 aliphatic heterocycles. The lowest BCUT2D eigenvalue weighted by atomic mass is 9.93. The van der Waals surface area contributed by atoms with Gasteiger partial charge in [0.15, 0.2) is 23.3 Å². The molecule has 23 heavy (non-hydrogen) atoms. The van der Waals surface area contributed by atoms with E-state index in [9.17, 15) is 27.8 Å². The summed E-state index contributed by atoms with van der Waals surface area (Å²) in [5.41, 5.74) is -2.26. The highest BCUT2D eigenvalue weighted by Crippen LogP contribution is 2.29. The third kappa shape index (κ3) is 3.48. The van der Waals surface area contributed by atoms with Gasteiger partial charge in [-0.05, 0) is 0 Å². The molecule has 5 nitrogen and oxygen atoms in total. The van der Waals surface area contributed by atoms with Crippen molar-refractivity contribution in [3.05, 3.63) is 35.5 Å². The maximum Gasteiger partial charge on any atom is 0.171 e. The molecular formula is C13H12F4IN3O2. The van der Waals surface area contributed by atoms with Crippen molar-refractivity contribution in [1.82, 2.24) is 15.0 Å². The number of aliphatic hydroxyl groups excluding tert-OH is 2. The predicted octanol–water partition coefficient (Wildman–Crippen LogP) is 1.91. The average Bonchev–Trinajstić information content (AvgIpc) is 2.99. The lowest BCUT2D eigenvalue weighted by Crippen LogP contribution is -2.36. The van der Waals surface area contributed by atoms with Gasteiger partial charge in [-0.15, -0.1) is 5.10 Å². The molecule has 1 aromatic carbocycles. The molecule has 0 spiro atoms. The number of aliphatic hydroxyl groups is 2. The second-order valence-corrected chi connectivity index (χ2v) is 5.86. The van der Waals surface area contributed by atoms with Crippen molar-refractivity contribution in [3.63, 3.8) is 0 Å². The van der Waals surface area contributed by atoms with E-state index < -0.39 is 39.9 Å². The predicted molar refractivity (Wildman–Crippen MR) is 80.8 cm³/mol. The van der Waals surface area contributed by atoms with Crippen molar-refractivity contribution in [3.8, 4) is 11.3 Å². The molecule has 0 radical (unpaired) electrons. The number of halogens is 5. The Hall–Kier alpha value is -1.27. The van der Waals surface area contributed by atoms with Gasteiger partial charge in [0.2, 0.25) is 0 Å². The topological polar surface area (TPSA) is 71.2 Å². The van der Waals surface area contributed by atoms with Crippen molar-refractivity contribution < 1.29 is 27.8 Å². The quantitative estimate of drug-likeness (QED) is 0.309. The van der Waals surface area contributed by atoms with Gasteiger partial charge in [-0.25, -0.2) is 17.6 Å². The third-order valence-corrected chi connectivity index (χ3v) is 4.98. The monoisotopic (exact) mass is 445 g/mol. The molecule has 2 rings (SSSR count). The van der Waals surface area contributed by atoms with Crippen LogP contribution in [0.5, 0.6) is 0 Å². The van der Waals surface area contributed by atoms with E-state index in [-0.39, 0.29) is 25.8 Å². The zero-order chi connectivity index (χ0) is 17.2. The molecule has 0 saturated carbocycles. The summed E-state index contributed by atoms with van der Waals surface area (Å²) in [5, 5.41) is 25.9. The molecule has 0 aliphatic rings. The summed E-state index contributed by atoms with van der Waals surface area (Å²) in [6.07, 6.45) is 1.09. The second kappa shape index (κ2) is 7.09. The lowest BCUT2D eigenvalue weighted by Gasteiger charge is -2.26. The fraction of sp³-hybridized carbons (Fsp3) is 0.385. The molecule has 0 atom stereocenters. The van der Waals surface area contributed by atoms with Crippen LogP contribution in [-0.4, -0.2) is 42.8 Å². The Morgan fingerprint density at radius 2 is 1.65 bits per heavy atom. The molecule has 0 aliphatic carbocycles. The van der Waals surface area contributed by atoms with Crippen molar-refractivity contribution in [2.24, 2.45) is 5.41 Å². The molecule has 0 saturated heterocycles. The molecule has 0 bridgehead atoms. The number of alkyl halides is 1. The number of nitrogens with zero attached hydrogens (tertiary/aromatic N) is 3. The minimum Gasteiger partial charge on any atom is -0.396 e. The van der Waals surface area contributed by atoms with Crippen LogP contribution in [-0.2, 0) is 6.54 Å². The van der Waals surface area contributed by atoms with Gasteiger partial charge in [0.1, 0.15) is 5.69 Å². The van der Waals surface area contributed by atoms with Crippen LogP contribution >= 0.6 is 22.6 Å². The number of rotatable bonds is 6. The summed E-state index contributed by atoms with van der Waals surface area (Å²) < 4.78 is 55.5. The van der Waals surface area contributed by atoms with Crippen LogP contribution < -0.4 is 0 Å². The molecule has 1 aromatic heterocycles. The van der Waals surface area contributed by atoms with Crippen LogP contribution in [0.3, 0.4) is 0 Å². The largest absolute Gasteiger partial charge is 0.396 e.